The van der Waals surface area contributed by atoms with Gasteiger partial charge in [-0.25, -0.2) is 9.78 Å². The first-order chi connectivity index (χ1) is 15.1. The third kappa shape index (κ3) is 4.16. The van der Waals surface area contributed by atoms with Crippen LogP contribution in [-0.4, -0.2) is 23.5 Å². The smallest absolute Gasteiger partial charge is 0.340 e. The average Bonchev–Trinajstić information content (AvgIpc) is 2.79. The van der Waals surface area contributed by atoms with Crippen LogP contribution in [0, 0.1) is 6.92 Å². The summed E-state index contributed by atoms with van der Waals surface area (Å²) in [6, 6.07) is 24.1. The Morgan fingerprint density at radius 2 is 1.61 bits per heavy atom. The normalized spacial score (nSPS) is 10.6. The molecule has 0 bridgehead atoms. The molecule has 0 fully saturated rings. The number of benzene rings is 3. The fourth-order valence-corrected chi connectivity index (χ4v) is 3.53. The van der Waals surface area contributed by atoms with Crippen LogP contribution >= 0.6 is 0 Å². The monoisotopic (exact) mass is 410 g/mol. The number of nitrogens with zero attached hydrogens (tertiary/aromatic N) is 1. The second-order valence-electron chi connectivity index (χ2n) is 7.11. The number of amides is 1. The van der Waals surface area contributed by atoms with Gasteiger partial charge in [-0.05, 0) is 43.7 Å². The van der Waals surface area contributed by atoms with Crippen LogP contribution in [0.5, 0.6) is 0 Å². The number of ether oxygens (including phenoxy) is 1. The van der Waals surface area contributed by atoms with Crippen LogP contribution in [0.1, 0.15) is 33.2 Å². The van der Waals surface area contributed by atoms with Gasteiger partial charge in [0.1, 0.15) is 0 Å². The van der Waals surface area contributed by atoms with E-state index >= 15 is 0 Å². The molecule has 0 saturated carbocycles. The lowest BCUT2D eigenvalue weighted by molar-refractivity contribution is 0.0527. The number of esters is 1. The van der Waals surface area contributed by atoms with E-state index in [-0.39, 0.29) is 12.5 Å². The zero-order valence-electron chi connectivity index (χ0n) is 17.4. The van der Waals surface area contributed by atoms with Crippen LogP contribution in [0.25, 0.3) is 22.2 Å². The SMILES string of the molecule is CCOC(=O)c1ccccc1NC(=O)c1cc(-c2ccccc2C)nc2ccccc12. The number of anilines is 1. The fourth-order valence-electron chi connectivity index (χ4n) is 3.53. The number of nitrogens with one attached hydrogen (secondary N) is 1. The Kier molecular flexibility index (Phi) is 5.76. The second kappa shape index (κ2) is 8.79. The van der Waals surface area contributed by atoms with E-state index in [9.17, 15) is 9.59 Å². The van der Waals surface area contributed by atoms with Crippen LogP contribution in [0.4, 0.5) is 5.69 Å². The minimum absolute atomic E-state index is 0.260. The van der Waals surface area contributed by atoms with Crippen molar-refractivity contribution in [3.8, 4) is 11.3 Å². The average molecular weight is 410 g/mol. The molecule has 1 N–H and O–H groups in total. The number of aromatic nitrogens is 1. The Hall–Kier alpha value is -3.99. The Morgan fingerprint density at radius 1 is 0.903 bits per heavy atom. The van der Waals surface area contributed by atoms with E-state index in [1.165, 1.54) is 0 Å². The van der Waals surface area contributed by atoms with Crippen molar-refractivity contribution in [2.45, 2.75) is 13.8 Å². The molecule has 3 aromatic carbocycles. The minimum Gasteiger partial charge on any atom is -0.462 e. The molecule has 4 aromatic rings. The van der Waals surface area contributed by atoms with Gasteiger partial charge in [0.05, 0.1) is 34.6 Å². The van der Waals surface area contributed by atoms with Crippen molar-refractivity contribution >= 4 is 28.5 Å². The van der Waals surface area contributed by atoms with Crippen LogP contribution in [0.2, 0.25) is 0 Å². The van der Waals surface area contributed by atoms with Crippen LogP contribution in [0.15, 0.2) is 78.9 Å². The Bertz CT molecular complexity index is 1280. The predicted octanol–water partition coefficient (Wildman–Crippen LogP) is 5.64. The molecule has 5 nitrogen and oxygen atoms in total. The number of carbonyl (C=O) groups is 2. The van der Waals surface area contributed by atoms with Crippen molar-refractivity contribution < 1.29 is 14.3 Å². The summed E-state index contributed by atoms with van der Waals surface area (Å²) in [5.41, 5.74) is 4.70. The topological polar surface area (TPSA) is 68.3 Å². The number of aryl methyl sites for hydroxylation is 1. The van der Waals surface area contributed by atoms with Gasteiger partial charge < -0.3 is 10.1 Å². The minimum atomic E-state index is -0.474. The molecule has 1 amide bonds. The summed E-state index contributed by atoms with van der Waals surface area (Å²) in [5, 5.41) is 3.63. The zero-order valence-corrected chi connectivity index (χ0v) is 17.4. The van der Waals surface area contributed by atoms with Crippen molar-refractivity contribution in [2.75, 3.05) is 11.9 Å². The molecule has 31 heavy (non-hydrogen) atoms. The lowest BCUT2D eigenvalue weighted by Crippen LogP contribution is -2.16. The van der Waals surface area contributed by atoms with E-state index in [0.29, 0.717) is 16.8 Å². The maximum absolute atomic E-state index is 13.3. The van der Waals surface area contributed by atoms with Gasteiger partial charge in [0.15, 0.2) is 0 Å². The molecule has 1 aromatic heterocycles. The largest absolute Gasteiger partial charge is 0.462 e. The quantitative estimate of drug-likeness (QED) is 0.432. The summed E-state index contributed by atoms with van der Waals surface area (Å²) in [7, 11) is 0. The van der Waals surface area contributed by atoms with Crippen molar-refractivity contribution in [3.05, 3.63) is 95.6 Å². The van der Waals surface area contributed by atoms with Gasteiger partial charge >= 0.3 is 5.97 Å². The molecule has 1 heterocycles. The number of hydrogen-bond acceptors (Lipinski definition) is 4. The number of carbonyl (C=O) groups excluding carboxylic acids is 2. The molecule has 0 aliphatic carbocycles. The molecule has 0 saturated heterocycles. The molecule has 0 aliphatic rings. The van der Waals surface area contributed by atoms with Gasteiger partial charge in [0.25, 0.3) is 5.91 Å². The highest BCUT2D eigenvalue weighted by Gasteiger charge is 2.18. The van der Waals surface area contributed by atoms with Gasteiger partial charge in [-0.1, -0.05) is 54.6 Å². The predicted molar refractivity (Wildman–Crippen MR) is 122 cm³/mol. The summed E-state index contributed by atoms with van der Waals surface area (Å²) in [6.07, 6.45) is 0. The lowest BCUT2D eigenvalue weighted by Gasteiger charge is -2.13. The lowest BCUT2D eigenvalue weighted by atomic mass is 10.0. The highest BCUT2D eigenvalue weighted by molar-refractivity contribution is 6.14. The number of pyridine rings is 1. The van der Waals surface area contributed by atoms with Crippen molar-refractivity contribution in [2.24, 2.45) is 0 Å². The molecular weight excluding hydrogens is 388 g/mol. The number of hydrogen-bond donors (Lipinski definition) is 1. The van der Waals surface area contributed by atoms with Crippen LogP contribution < -0.4 is 5.32 Å². The summed E-state index contributed by atoms with van der Waals surface area (Å²) in [5.74, 6) is -0.788. The van der Waals surface area contributed by atoms with Crippen molar-refractivity contribution in [3.63, 3.8) is 0 Å². The zero-order chi connectivity index (χ0) is 21.8. The van der Waals surface area contributed by atoms with Gasteiger partial charge in [-0.15, -0.1) is 0 Å². The molecule has 0 unspecified atom stereocenters. The van der Waals surface area contributed by atoms with Crippen molar-refractivity contribution in [1.29, 1.82) is 0 Å². The Balaban J connectivity index is 1.79. The highest BCUT2D eigenvalue weighted by Crippen LogP contribution is 2.28. The van der Waals surface area contributed by atoms with Gasteiger partial charge in [0.2, 0.25) is 0 Å². The molecular formula is C26H22N2O3. The third-order valence-corrected chi connectivity index (χ3v) is 5.05. The van der Waals surface area contributed by atoms with Gasteiger partial charge in [-0.2, -0.15) is 0 Å². The second-order valence-corrected chi connectivity index (χ2v) is 7.11. The third-order valence-electron chi connectivity index (χ3n) is 5.05. The van der Waals surface area contributed by atoms with Crippen LogP contribution in [0.3, 0.4) is 0 Å². The fraction of sp³-hybridized carbons (Fsp3) is 0.115. The molecule has 5 heteroatoms. The van der Waals surface area contributed by atoms with E-state index in [1.807, 2.05) is 55.5 Å². The van der Waals surface area contributed by atoms with E-state index in [4.69, 9.17) is 9.72 Å². The van der Waals surface area contributed by atoms with Crippen molar-refractivity contribution in [1.82, 2.24) is 4.98 Å². The number of para-hydroxylation sites is 2. The summed E-state index contributed by atoms with van der Waals surface area (Å²) in [4.78, 5) is 30.4. The maximum atomic E-state index is 13.3. The molecule has 0 atom stereocenters. The Morgan fingerprint density at radius 3 is 2.42 bits per heavy atom. The standard InChI is InChI=1S/C26H22N2O3/c1-3-31-26(30)20-13-7-9-15-23(20)28-25(29)21-16-24(18-11-5-4-10-17(18)2)27-22-14-8-6-12-19(21)22/h4-16H,3H2,1-2H3,(H,28,29). The number of fused-ring (bicyclic) bond motifs is 1. The molecule has 4 rings (SSSR count). The molecule has 0 aliphatic heterocycles. The number of rotatable bonds is 5. The molecule has 154 valence electrons. The first-order valence-corrected chi connectivity index (χ1v) is 10.1. The molecule has 0 spiro atoms. The first-order valence-electron chi connectivity index (χ1n) is 10.1. The summed E-state index contributed by atoms with van der Waals surface area (Å²) >= 11 is 0. The van der Waals surface area contributed by atoms with E-state index in [1.54, 1.807) is 37.3 Å². The van der Waals surface area contributed by atoms with Gasteiger partial charge in [-0.3, -0.25) is 4.79 Å². The molecule has 0 radical (unpaired) electrons. The summed E-state index contributed by atoms with van der Waals surface area (Å²) < 4.78 is 5.12. The van der Waals surface area contributed by atoms with E-state index in [2.05, 4.69) is 5.32 Å². The highest BCUT2D eigenvalue weighted by atomic mass is 16.5. The van der Waals surface area contributed by atoms with E-state index < -0.39 is 5.97 Å². The summed E-state index contributed by atoms with van der Waals surface area (Å²) in [6.45, 7) is 4.02. The van der Waals surface area contributed by atoms with Gasteiger partial charge in [0, 0.05) is 10.9 Å². The first kappa shape index (κ1) is 20.3. The van der Waals surface area contributed by atoms with E-state index in [0.717, 1.165) is 27.7 Å². The van der Waals surface area contributed by atoms with Crippen LogP contribution in [-0.2, 0) is 4.74 Å². The Labute approximate surface area is 180 Å². The maximum Gasteiger partial charge on any atom is 0.340 e.